The predicted octanol–water partition coefficient (Wildman–Crippen LogP) is 6.30. The third-order valence-corrected chi connectivity index (χ3v) is 7.77. The molecule has 0 bridgehead atoms. The average Bonchev–Trinajstić information content (AvgIpc) is 3.50. The number of hydrogen-bond donors (Lipinski definition) is 1. The molecular weight excluding hydrogens is 448 g/mol. The van der Waals surface area contributed by atoms with Crippen LogP contribution in [0.2, 0.25) is 5.02 Å². The molecule has 4 rings (SSSR count). The molecule has 2 heterocycles. The lowest BCUT2D eigenvalue weighted by molar-refractivity contribution is -0.127. The van der Waals surface area contributed by atoms with Gasteiger partial charge in [-0.1, -0.05) is 61.2 Å². The molecule has 0 radical (unpaired) electrons. The van der Waals surface area contributed by atoms with E-state index in [-0.39, 0.29) is 24.4 Å². The van der Waals surface area contributed by atoms with Gasteiger partial charge in [0.15, 0.2) is 0 Å². The van der Waals surface area contributed by atoms with Gasteiger partial charge in [0.25, 0.3) is 5.91 Å². The zero-order chi connectivity index (χ0) is 21.6. The van der Waals surface area contributed by atoms with E-state index in [0.29, 0.717) is 9.90 Å². The Bertz CT molecular complexity index is 999. The third-order valence-electron chi connectivity index (χ3n) is 5.62. The Balaban J connectivity index is 1.69. The van der Waals surface area contributed by atoms with Crippen molar-refractivity contribution in [3.8, 4) is 0 Å². The van der Waals surface area contributed by atoms with Crippen molar-refractivity contribution in [2.45, 2.75) is 50.7 Å². The van der Waals surface area contributed by atoms with Gasteiger partial charge in [0.1, 0.15) is 6.04 Å². The second-order valence-electron chi connectivity index (χ2n) is 7.76. The summed E-state index contributed by atoms with van der Waals surface area (Å²) >= 11 is 9.31. The number of hydrogen-bond acceptors (Lipinski definition) is 4. The molecule has 0 saturated heterocycles. The zero-order valence-corrected chi connectivity index (χ0v) is 19.5. The zero-order valence-electron chi connectivity index (χ0n) is 17.1. The van der Waals surface area contributed by atoms with Crippen LogP contribution in [-0.2, 0) is 11.3 Å². The fourth-order valence-electron chi connectivity index (χ4n) is 4.03. The van der Waals surface area contributed by atoms with Gasteiger partial charge in [0.2, 0.25) is 5.91 Å². The fourth-order valence-corrected chi connectivity index (χ4v) is 5.74. The van der Waals surface area contributed by atoms with Crippen LogP contribution >= 0.6 is 34.3 Å². The molecule has 7 heteroatoms. The molecule has 1 saturated carbocycles. The molecular formula is C24H25ClN2O2S2. The van der Waals surface area contributed by atoms with E-state index in [1.165, 1.54) is 29.1 Å². The number of carbonyl (C=O) groups excluding carboxylic acids is 2. The maximum atomic E-state index is 13.6. The first-order valence-corrected chi connectivity index (χ1v) is 12.7. The predicted molar refractivity (Wildman–Crippen MR) is 128 cm³/mol. The molecule has 1 aliphatic carbocycles. The number of halogens is 1. The third kappa shape index (κ3) is 5.37. The first-order valence-electron chi connectivity index (χ1n) is 10.5. The minimum Gasteiger partial charge on any atom is -0.351 e. The summed E-state index contributed by atoms with van der Waals surface area (Å²) in [4.78, 5) is 30.3. The van der Waals surface area contributed by atoms with Gasteiger partial charge < -0.3 is 10.2 Å². The summed E-state index contributed by atoms with van der Waals surface area (Å²) in [6.45, 7) is 0.261. The minimum absolute atomic E-state index is 0.119. The van der Waals surface area contributed by atoms with Crippen molar-refractivity contribution in [1.82, 2.24) is 10.2 Å². The summed E-state index contributed by atoms with van der Waals surface area (Å²) in [6.07, 6.45) is 5.47. The van der Waals surface area contributed by atoms with Crippen LogP contribution in [0, 0.1) is 0 Å². The fraction of sp³-hybridized carbons (Fsp3) is 0.333. The van der Waals surface area contributed by atoms with Gasteiger partial charge in [0.05, 0.1) is 4.88 Å². The second kappa shape index (κ2) is 10.4. The van der Waals surface area contributed by atoms with Gasteiger partial charge >= 0.3 is 0 Å². The molecule has 0 aliphatic heterocycles. The molecule has 1 fully saturated rings. The number of thiophene rings is 2. The molecule has 2 amide bonds. The van der Waals surface area contributed by atoms with E-state index in [0.717, 1.165) is 36.1 Å². The number of nitrogens with zero attached hydrogens (tertiary/aromatic N) is 1. The highest BCUT2D eigenvalue weighted by atomic mass is 35.5. The maximum absolute atomic E-state index is 13.6. The van der Waals surface area contributed by atoms with Crippen LogP contribution in [0.3, 0.4) is 0 Å². The maximum Gasteiger partial charge on any atom is 0.265 e. The number of nitrogens with one attached hydrogen (secondary N) is 1. The van der Waals surface area contributed by atoms with Crippen molar-refractivity contribution in [3.63, 3.8) is 0 Å². The van der Waals surface area contributed by atoms with Crippen molar-refractivity contribution < 1.29 is 9.59 Å². The van der Waals surface area contributed by atoms with E-state index in [4.69, 9.17) is 11.6 Å². The monoisotopic (exact) mass is 472 g/mol. The highest BCUT2D eigenvalue weighted by Crippen LogP contribution is 2.32. The van der Waals surface area contributed by atoms with Crippen molar-refractivity contribution >= 4 is 46.1 Å². The molecule has 1 N–H and O–H groups in total. The molecule has 162 valence electrons. The largest absolute Gasteiger partial charge is 0.351 e. The topological polar surface area (TPSA) is 49.4 Å². The van der Waals surface area contributed by atoms with Gasteiger partial charge in [0, 0.05) is 22.5 Å². The van der Waals surface area contributed by atoms with Crippen LogP contribution in [0.1, 0.15) is 58.3 Å². The lowest BCUT2D eigenvalue weighted by Gasteiger charge is -2.32. The first kappa shape index (κ1) is 22.1. The molecule has 4 nitrogen and oxygen atoms in total. The van der Waals surface area contributed by atoms with E-state index < -0.39 is 6.04 Å². The summed E-state index contributed by atoms with van der Waals surface area (Å²) in [6, 6.07) is 14.5. The van der Waals surface area contributed by atoms with Crippen LogP contribution in [0.25, 0.3) is 0 Å². The van der Waals surface area contributed by atoms with Crippen molar-refractivity contribution in [2.75, 3.05) is 0 Å². The van der Waals surface area contributed by atoms with Crippen molar-refractivity contribution in [3.05, 3.63) is 79.6 Å². The summed E-state index contributed by atoms with van der Waals surface area (Å²) in [5, 5.41) is 7.64. The molecule has 1 aromatic carbocycles. The lowest BCUT2D eigenvalue weighted by atomic mass is 9.95. The summed E-state index contributed by atoms with van der Waals surface area (Å²) in [5.41, 5.74) is 0.820. The van der Waals surface area contributed by atoms with Gasteiger partial charge in [-0.2, -0.15) is 0 Å². The molecule has 0 spiro atoms. The SMILES string of the molecule is O=C(NC1CCCCC1)C(c1cccs1)N(Cc1ccccc1Cl)C(=O)c1cccs1. The van der Waals surface area contributed by atoms with Gasteiger partial charge in [-0.25, -0.2) is 0 Å². The van der Waals surface area contributed by atoms with E-state index in [9.17, 15) is 9.59 Å². The van der Waals surface area contributed by atoms with Crippen LogP contribution in [-0.4, -0.2) is 22.8 Å². The van der Waals surface area contributed by atoms with Crippen LogP contribution < -0.4 is 5.32 Å². The smallest absolute Gasteiger partial charge is 0.265 e. The number of benzene rings is 1. The quantitative estimate of drug-likeness (QED) is 0.439. The Morgan fingerprint density at radius 1 is 1.00 bits per heavy atom. The van der Waals surface area contributed by atoms with E-state index in [1.54, 1.807) is 11.0 Å². The van der Waals surface area contributed by atoms with Crippen LogP contribution in [0.15, 0.2) is 59.3 Å². The van der Waals surface area contributed by atoms with Crippen molar-refractivity contribution in [1.29, 1.82) is 0 Å². The normalized spacial score (nSPS) is 15.4. The number of rotatable bonds is 7. The summed E-state index contributed by atoms with van der Waals surface area (Å²) < 4.78 is 0. The Kier molecular flexibility index (Phi) is 7.43. The molecule has 1 unspecified atom stereocenters. The lowest BCUT2D eigenvalue weighted by Crippen LogP contribution is -2.46. The average molecular weight is 473 g/mol. The van der Waals surface area contributed by atoms with Gasteiger partial charge in [-0.05, 0) is 47.4 Å². The van der Waals surface area contributed by atoms with Crippen LogP contribution in [0.4, 0.5) is 0 Å². The second-order valence-corrected chi connectivity index (χ2v) is 10.1. The Morgan fingerprint density at radius 2 is 1.74 bits per heavy atom. The van der Waals surface area contributed by atoms with E-state index in [2.05, 4.69) is 5.32 Å². The number of carbonyl (C=O) groups is 2. The van der Waals surface area contributed by atoms with E-state index in [1.807, 2.05) is 53.2 Å². The van der Waals surface area contributed by atoms with Crippen molar-refractivity contribution in [2.24, 2.45) is 0 Å². The minimum atomic E-state index is -0.701. The molecule has 1 aliphatic rings. The molecule has 31 heavy (non-hydrogen) atoms. The Hall–Kier alpha value is -2.15. The van der Waals surface area contributed by atoms with Crippen LogP contribution in [0.5, 0.6) is 0 Å². The molecule has 1 atom stereocenters. The molecule has 3 aromatic rings. The number of amides is 2. The Labute approximate surface area is 195 Å². The van der Waals surface area contributed by atoms with Gasteiger partial charge in [-0.3, -0.25) is 9.59 Å². The Morgan fingerprint density at radius 3 is 2.42 bits per heavy atom. The highest BCUT2D eigenvalue weighted by Gasteiger charge is 2.34. The summed E-state index contributed by atoms with van der Waals surface area (Å²) in [5.74, 6) is -0.279. The van der Waals surface area contributed by atoms with Gasteiger partial charge in [-0.15, -0.1) is 22.7 Å². The first-order chi connectivity index (χ1) is 15.1. The standard InChI is InChI=1S/C24H25ClN2O2S2/c25-19-11-5-4-8-17(19)16-27(24(29)21-13-7-15-31-21)22(20-12-6-14-30-20)23(28)26-18-9-2-1-3-10-18/h4-8,11-15,18,22H,1-3,9-10,16H2,(H,26,28). The van der Waals surface area contributed by atoms with E-state index >= 15 is 0 Å². The highest BCUT2D eigenvalue weighted by molar-refractivity contribution is 7.12. The summed E-state index contributed by atoms with van der Waals surface area (Å²) in [7, 11) is 0. The molecule has 2 aromatic heterocycles.